The second kappa shape index (κ2) is 17.0. The number of thioether (sulfide) groups is 1. The molecule has 0 aromatic carbocycles. The maximum atomic E-state index is 13.5. The Labute approximate surface area is 310 Å². The molecule has 3 aliphatic carbocycles. The maximum absolute atomic E-state index is 13.5. The van der Waals surface area contributed by atoms with E-state index in [9.17, 15) is 33.9 Å². The van der Waals surface area contributed by atoms with Crippen LogP contribution in [0.5, 0.6) is 0 Å². The molecule has 0 spiro atoms. The van der Waals surface area contributed by atoms with Crippen molar-refractivity contribution in [2.45, 2.75) is 129 Å². The molecule has 0 aliphatic heterocycles. The summed E-state index contributed by atoms with van der Waals surface area (Å²) >= 11 is 1.43. The normalized spacial score (nSPS) is 32.2. The van der Waals surface area contributed by atoms with Crippen LogP contribution in [0, 0.1) is 39.9 Å². The molecule has 2 unspecified atom stereocenters. The summed E-state index contributed by atoms with van der Waals surface area (Å²) in [5.74, 6) is -5.26. The lowest BCUT2D eigenvalue weighted by Crippen LogP contribution is -2.63. The number of carbonyl (C=O) groups is 6. The number of aliphatic hydroxyl groups is 2. The van der Waals surface area contributed by atoms with Crippen molar-refractivity contribution in [3.05, 3.63) is 12.7 Å². The number of hydrogen-bond acceptors (Lipinski definition) is 11. The first-order chi connectivity index (χ1) is 23.7. The summed E-state index contributed by atoms with van der Waals surface area (Å²) in [6.07, 6.45) is 1.89. The zero-order chi connectivity index (χ0) is 40.2. The fourth-order valence-electron chi connectivity index (χ4n) is 8.43. The fourth-order valence-corrected chi connectivity index (χ4v) is 9.18. The van der Waals surface area contributed by atoms with Gasteiger partial charge in [-0.15, -0.1) is 18.3 Å². The van der Waals surface area contributed by atoms with E-state index < -0.39 is 70.2 Å². The molecule has 3 rings (SSSR count). The topological polar surface area (TPSA) is 251 Å². The van der Waals surface area contributed by atoms with Crippen LogP contribution in [-0.4, -0.2) is 102 Å². The molecule has 1 amide bonds. The Morgan fingerprint density at radius 1 is 1.08 bits per heavy atom. The number of carboxylic acids is 3. The molecular weight excluding hydrogens is 696 g/mol. The second-order valence-corrected chi connectivity index (χ2v) is 18.3. The van der Waals surface area contributed by atoms with E-state index in [2.05, 4.69) is 32.7 Å². The molecular formula is C37H60N2O12S. The van der Waals surface area contributed by atoms with E-state index in [-0.39, 0.29) is 52.5 Å². The molecule has 3 fully saturated rings. The lowest BCUT2D eigenvalue weighted by atomic mass is 9.44. The molecule has 52 heavy (non-hydrogen) atoms. The van der Waals surface area contributed by atoms with Crippen molar-refractivity contribution in [2.24, 2.45) is 45.7 Å². The minimum atomic E-state index is -2.74. The summed E-state index contributed by atoms with van der Waals surface area (Å²) in [7, 11) is 0. The van der Waals surface area contributed by atoms with Gasteiger partial charge in [0.2, 0.25) is 5.91 Å². The van der Waals surface area contributed by atoms with Gasteiger partial charge in [-0.3, -0.25) is 24.0 Å². The number of nitrogens with one attached hydrogen (secondary N) is 1. The third-order valence-electron chi connectivity index (χ3n) is 12.2. The Morgan fingerprint density at radius 2 is 1.63 bits per heavy atom. The van der Waals surface area contributed by atoms with Gasteiger partial charge < -0.3 is 41.3 Å². The average Bonchev–Trinajstić information content (AvgIpc) is 3.40. The molecule has 0 aromatic heterocycles. The summed E-state index contributed by atoms with van der Waals surface area (Å²) in [5, 5.41) is 48.4. The van der Waals surface area contributed by atoms with E-state index in [0.29, 0.717) is 19.4 Å². The quantitative estimate of drug-likeness (QED) is 0.0993. The Balaban J connectivity index is 0.000000612. The third-order valence-corrected chi connectivity index (χ3v) is 13.5. The number of rotatable bonds is 14. The number of ketones is 1. The summed E-state index contributed by atoms with van der Waals surface area (Å²) < 4.78 is 5.92. The highest BCUT2D eigenvalue weighted by molar-refractivity contribution is 8.01. The van der Waals surface area contributed by atoms with Crippen molar-refractivity contribution >= 4 is 47.3 Å². The van der Waals surface area contributed by atoms with Crippen LogP contribution in [0.3, 0.4) is 0 Å². The standard InChI is InChI=1S/C31H52N2O5S.C6H8O7/c1-10-29(8)15-22(38-23(35)16-39-28(6,7)17-33-27(37)24(32)18(2)3)30(9)19(4)11-13-31(20(5)26(29)36)14-12-21(34)25(30)31;7-3(8)1-6(13,5(11)12)2-4(9)10/h10,18-20,22,24-26,36H,1,11-17,32H2,2-9H3,(H,33,37);13H,1-2H2,(H,7,8)(H,9,10)(H,11,12)/t19-,20+,22-,24-,25?,26+,29-,30+,31?;/m1./s1. The first-order valence-corrected chi connectivity index (χ1v) is 18.8. The lowest BCUT2D eigenvalue weighted by molar-refractivity contribution is -0.205. The number of ether oxygens (including phenoxy) is 1. The van der Waals surface area contributed by atoms with Gasteiger partial charge >= 0.3 is 23.9 Å². The first kappa shape index (κ1) is 45.1. The van der Waals surface area contributed by atoms with Crippen LogP contribution in [0.15, 0.2) is 12.7 Å². The van der Waals surface area contributed by atoms with Crippen molar-refractivity contribution in [2.75, 3.05) is 12.3 Å². The van der Waals surface area contributed by atoms with E-state index in [1.54, 1.807) is 0 Å². The predicted molar refractivity (Wildman–Crippen MR) is 194 cm³/mol. The molecule has 3 aliphatic rings. The van der Waals surface area contributed by atoms with Gasteiger partial charge in [-0.2, -0.15) is 0 Å². The van der Waals surface area contributed by atoms with Crippen LogP contribution in [0.25, 0.3) is 0 Å². The largest absolute Gasteiger partial charge is 0.481 e. The first-order valence-electron chi connectivity index (χ1n) is 17.8. The lowest BCUT2D eigenvalue weighted by Gasteiger charge is -2.61. The van der Waals surface area contributed by atoms with Gasteiger partial charge in [-0.1, -0.05) is 47.6 Å². The molecule has 2 bridgehead atoms. The third kappa shape index (κ3) is 9.74. The Kier molecular flexibility index (Phi) is 14.7. The van der Waals surface area contributed by atoms with Crippen molar-refractivity contribution in [1.29, 1.82) is 0 Å². The molecule has 296 valence electrons. The number of amides is 1. The SMILES string of the molecule is C=C[C@]1(C)C[C@@H](OC(=O)CSC(C)(C)CNC(=O)[C@H](N)C(C)C)[C@@]2(C)C3C(=O)CCC3(CC[C@H]2C)[C@@H](C)[C@@H]1O.O=C(O)CC(O)(CC(=O)O)C(=O)O. The van der Waals surface area contributed by atoms with Crippen LogP contribution in [0.1, 0.15) is 100 Å². The molecule has 8 N–H and O–H groups in total. The van der Waals surface area contributed by atoms with Crippen LogP contribution in [0.4, 0.5) is 0 Å². The second-order valence-electron chi connectivity index (χ2n) is 16.6. The van der Waals surface area contributed by atoms with Crippen LogP contribution < -0.4 is 11.1 Å². The van der Waals surface area contributed by atoms with Crippen molar-refractivity contribution < 1.29 is 59.0 Å². The van der Waals surface area contributed by atoms with Gasteiger partial charge in [0.15, 0.2) is 5.60 Å². The highest BCUT2D eigenvalue weighted by Crippen LogP contribution is 2.68. The molecule has 0 aromatic rings. The number of Topliss-reactive ketones (excluding diaryl/α,β-unsaturated/α-hetero) is 1. The number of aliphatic carboxylic acids is 3. The molecule has 0 saturated heterocycles. The van der Waals surface area contributed by atoms with Crippen molar-refractivity contribution in [1.82, 2.24) is 5.32 Å². The number of aliphatic hydroxyl groups excluding tert-OH is 1. The minimum Gasteiger partial charge on any atom is -0.481 e. The predicted octanol–water partition coefficient (Wildman–Crippen LogP) is 3.26. The Bertz CT molecular complexity index is 1370. The number of esters is 1. The van der Waals surface area contributed by atoms with Crippen LogP contribution in [0.2, 0.25) is 0 Å². The van der Waals surface area contributed by atoms with Gasteiger partial charge in [0.25, 0.3) is 0 Å². The van der Waals surface area contributed by atoms with E-state index in [4.69, 9.17) is 30.9 Å². The average molecular weight is 757 g/mol. The van der Waals surface area contributed by atoms with Gasteiger partial charge in [-0.05, 0) is 62.7 Å². The molecule has 15 heteroatoms. The van der Waals surface area contributed by atoms with Crippen LogP contribution >= 0.6 is 11.8 Å². The highest BCUT2D eigenvalue weighted by atomic mass is 32.2. The van der Waals surface area contributed by atoms with Crippen LogP contribution in [-0.2, 0) is 33.5 Å². The highest BCUT2D eigenvalue weighted by Gasteiger charge is 2.68. The summed E-state index contributed by atoms with van der Waals surface area (Å²) in [5.41, 5.74) is 1.75. The van der Waals surface area contributed by atoms with E-state index in [1.165, 1.54) is 11.8 Å². The number of nitrogens with two attached hydrogens (primary N) is 1. The molecule has 3 saturated carbocycles. The van der Waals surface area contributed by atoms with Gasteiger partial charge in [0.05, 0.1) is 30.7 Å². The van der Waals surface area contributed by atoms with E-state index in [1.807, 2.05) is 40.7 Å². The monoisotopic (exact) mass is 756 g/mol. The maximum Gasteiger partial charge on any atom is 0.336 e. The molecule has 0 heterocycles. The molecule has 9 atom stereocenters. The minimum absolute atomic E-state index is 0.0382. The molecule has 14 nitrogen and oxygen atoms in total. The smallest absolute Gasteiger partial charge is 0.336 e. The number of carbonyl (C=O) groups excluding carboxylic acids is 3. The van der Waals surface area contributed by atoms with E-state index >= 15 is 0 Å². The number of hydrogen-bond donors (Lipinski definition) is 7. The number of carboxylic acid groups (broad SMARTS) is 3. The summed E-state index contributed by atoms with van der Waals surface area (Å²) in [6.45, 7) is 20.7. The fraction of sp³-hybridized carbons (Fsp3) is 0.784. The van der Waals surface area contributed by atoms with Crippen molar-refractivity contribution in [3.63, 3.8) is 0 Å². The van der Waals surface area contributed by atoms with Gasteiger partial charge in [0.1, 0.15) is 11.9 Å². The van der Waals surface area contributed by atoms with E-state index in [0.717, 1.165) is 19.3 Å². The summed E-state index contributed by atoms with van der Waals surface area (Å²) in [4.78, 5) is 69.7. The van der Waals surface area contributed by atoms with Crippen molar-refractivity contribution in [3.8, 4) is 0 Å². The molecule has 0 radical (unpaired) electrons. The Morgan fingerprint density at radius 3 is 2.12 bits per heavy atom. The zero-order valence-corrected chi connectivity index (χ0v) is 32.6. The zero-order valence-electron chi connectivity index (χ0n) is 31.8. The van der Waals surface area contributed by atoms with Gasteiger partial charge in [-0.25, -0.2) is 4.79 Å². The Hall–Kier alpha value is -3.01. The summed E-state index contributed by atoms with van der Waals surface area (Å²) in [6, 6.07) is -0.573. The van der Waals surface area contributed by atoms with Gasteiger partial charge in [0, 0.05) is 34.5 Å².